The molecule has 0 aromatic heterocycles. The van der Waals surface area contributed by atoms with E-state index >= 15 is 0 Å². The van der Waals surface area contributed by atoms with E-state index in [0.717, 1.165) is 15.0 Å². The average Bonchev–Trinajstić information content (AvgIpc) is 2.46. The summed E-state index contributed by atoms with van der Waals surface area (Å²) in [5.41, 5.74) is 1.52. The molecular weight excluding hydrogens is 315 g/mol. The molecule has 19 heavy (non-hydrogen) atoms. The van der Waals surface area contributed by atoms with E-state index in [4.69, 9.17) is 0 Å². The zero-order chi connectivity index (χ0) is 13.6. The van der Waals surface area contributed by atoms with E-state index in [9.17, 15) is 0 Å². The molecule has 0 radical (unpaired) electrons. The molecule has 1 rings (SSSR count). The Morgan fingerprint density at radius 3 is 2.37 bits per heavy atom. The molecule has 0 saturated carbocycles. The molecule has 2 heteroatoms. The summed E-state index contributed by atoms with van der Waals surface area (Å²) in [4.78, 5) is 0. The predicted octanol–water partition coefficient (Wildman–Crippen LogP) is 5.40. The molecule has 0 atom stereocenters. The zero-order valence-corrected chi connectivity index (χ0v) is 14.8. The number of benzene rings is 1. The summed E-state index contributed by atoms with van der Waals surface area (Å²) in [6.45, 7) is 2.28. The molecular formula is C17H28SSe. The van der Waals surface area contributed by atoms with Gasteiger partial charge in [-0.25, -0.2) is 0 Å². The molecule has 0 amide bonds. The van der Waals surface area contributed by atoms with Gasteiger partial charge >= 0.3 is 130 Å². The van der Waals surface area contributed by atoms with Crippen molar-refractivity contribution in [3.05, 3.63) is 35.9 Å². The number of rotatable bonds is 12. The van der Waals surface area contributed by atoms with Gasteiger partial charge in [-0.2, -0.15) is 0 Å². The minimum atomic E-state index is 0.813. The summed E-state index contributed by atoms with van der Waals surface area (Å²) in [7, 11) is 0. The Bertz CT molecular complexity index is 287. The van der Waals surface area contributed by atoms with Crippen LogP contribution in [0.25, 0.3) is 0 Å². The number of unbranched alkanes of at least 4 members (excludes halogenated alkanes) is 4. The van der Waals surface area contributed by atoms with Crippen LogP contribution in [-0.4, -0.2) is 26.5 Å². The van der Waals surface area contributed by atoms with Crippen LogP contribution in [0.15, 0.2) is 30.3 Å². The van der Waals surface area contributed by atoms with Gasteiger partial charge in [-0.3, -0.25) is 0 Å². The summed E-state index contributed by atoms with van der Waals surface area (Å²) in [5.74, 6) is 2.77. The molecule has 0 nitrogen and oxygen atoms in total. The summed E-state index contributed by atoms with van der Waals surface area (Å²) in [5, 5.41) is 2.77. The predicted molar refractivity (Wildman–Crippen MR) is 91.4 cm³/mol. The molecule has 0 aliphatic rings. The monoisotopic (exact) mass is 344 g/mol. The Morgan fingerprint density at radius 2 is 1.63 bits per heavy atom. The molecule has 1 aromatic carbocycles. The van der Waals surface area contributed by atoms with E-state index in [0.29, 0.717) is 0 Å². The van der Waals surface area contributed by atoms with Gasteiger partial charge in [-0.1, -0.05) is 0 Å². The fourth-order valence-electron chi connectivity index (χ4n) is 1.91. The minimum absolute atomic E-state index is 0.813. The van der Waals surface area contributed by atoms with E-state index < -0.39 is 0 Å². The maximum atomic E-state index is 2.28. The Hall–Kier alpha value is 0.0895. The first kappa shape index (κ1) is 17.1. The standard InChI is InChI=1S/C17H28SSe/c1-2-3-4-8-13-18-14-9-10-15-19-16-17-11-6-5-7-12-17/h5-7,11-12H,2-4,8-10,13-16H2,1H3. The Balaban J connectivity index is 1.79. The molecule has 0 aliphatic heterocycles. The summed E-state index contributed by atoms with van der Waals surface area (Å²) in [6, 6.07) is 10.9. The topological polar surface area (TPSA) is 0 Å². The second kappa shape index (κ2) is 13.1. The van der Waals surface area contributed by atoms with Gasteiger partial charge in [0.15, 0.2) is 0 Å². The van der Waals surface area contributed by atoms with Crippen molar-refractivity contribution >= 4 is 26.7 Å². The normalized spacial score (nSPS) is 10.8. The Labute approximate surface area is 130 Å². The Morgan fingerprint density at radius 1 is 0.895 bits per heavy atom. The second-order valence-corrected chi connectivity index (χ2v) is 8.46. The van der Waals surface area contributed by atoms with Gasteiger partial charge in [0.25, 0.3) is 0 Å². The van der Waals surface area contributed by atoms with Crippen molar-refractivity contribution in [2.45, 2.75) is 56.1 Å². The molecule has 0 N–H and O–H groups in total. The molecule has 0 saturated heterocycles. The molecule has 0 heterocycles. The van der Waals surface area contributed by atoms with Crippen LogP contribution >= 0.6 is 11.8 Å². The van der Waals surface area contributed by atoms with E-state index in [1.807, 2.05) is 0 Å². The summed E-state index contributed by atoms with van der Waals surface area (Å²) >= 11 is 2.98. The first-order valence-electron chi connectivity index (χ1n) is 7.63. The summed E-state index contributed by atoms with van der Waals surface area (Å²) in [6.07, 6.45) is 8.50. The van der Waals surface area contributed by atoms with Gasteiger partial charge in [0.2, 0.25) is 0 Å². The van der Waals surface area contributed by atoms with Crippen LogP contribution in [0.5, 0.6) is 0 Å². The van der Waals surface area contributed by atoms with Gasteiger partial charge in [0.1, 0.15) is 0 Å². The maximum absolute atomic E-state index is 2.28. The first-order chi connectivity index (χ1) is 9.43. The van der Waals surface area contributed by atoms with Crippen LogP contribution in [0.1, 0.15) is 51.0 Å². The second-order valence-electron chi connectivity index (χ2n) is 4.92. The fraction of sp³-hybridized carbons (Fsp3) is 0.647. The van der Waals surface area contributed by atoms with Crippen molar-refractivity contribution in [1.29, 1.82) is 0 Å². The van der Waals surface area contributed by atoms with Crippen LogP contribution in [-0.2, 0) is 5.32 Å². The number of thioether (sulfide) groups is 1. The van der Waals surface area contributed by atoms with Crippen molar-refractivity contribution in [3.63, 3.8) is 0 Å². The van der Waals surface area contributed by atoms with Crippen molar-refractivity contribution in [3.8, 4) is 0 Å². The van der Waals surface area contributed by atoms with Crippen LogP contribution < -0.4 is 0 Å². The van der Waals surface area contributed by atoms with Crippen molar-refractivity contribution in [2.75, 3.05) is 11.5 Å². The molecule has 0 spiro atoms. The third-order valence-electron chi connectivity index (χ3n) is 3.08. The van der Waals surface area contributed by atoms with E-state index in [2.05, 4.69) is 49.0 Å². The number of hydrogen-bond acceptors (Lipinski definition) is 1. The van der Waals surface area contributed by atoms with Gasteiger partial charge in [0.05, 0.1) is 0 Å². The van der Waals surface area contributed by atoms with Crippen LogP contribution in [0.4, 0.5) is 0 Å². The quantitative estimate of drug-likeness (QED) is 0.361. The zero-order valence-electron chi connectivity index (χ0n) is 12.3. The van der Waals surface area contributed by atoms with Crippen molar-refractivity contribution in [1.82, 2.24) is 0 Å². The Kier molecular flexibility index (Phi) is 11.8. The average molecular weight is 343 g/mol. The van der Waals surface area contributed by atoms with Gasteiger partial charge in [-0.15, -0.1) is 0 Å². The fourth-order valence-corrected chi connectivity index (χ4v) is 4.98. The van der Waals surface area contributed by atoms with E-state index in [-0.39, 0.29) is 0 Å². The third-order valence-corrected chi connectivity index (χ3v) is 6.57. The van der Waals surface area contributed by atoms with E-state index in [1.165, 1.54) is 66.2 Å². The SMILES string of the molecule is CCCCCCSCCCC[Se]Cc1ccccc1. The van der Waals surface area contributed by atoms with Crippen LogP contribution in [0, 0.1) is 0 Å². The molecule has 1 aromatic rings. The summed E-state index contributed by atoms with van der Waals surface area (Å²) < 4.78 is 0. The van der Waals surface area contributed by atoms with Gasteiger partial charge in [0, 0.05) is 0 Å². The molecule has 0 bridgehead atoms. The van der Waals surface area contributed by atoms with E-state index in [1.54, 1.807) is 0 Å². The van der Waals surface area contributed by atoms with Crippen molar-refractivity contribution < 1.29 is 0 Å². The van der Waals surface area contributed by atoms with Gasteiger partial charge < -0.3 is 0 Å². The molecule has 0 unspecified atom stereocenters. The van der Waals surface area contributed by atoms with Crippen LogP contribution in [0.3, 0.4) is 0 Å². The molecule has 0 fully saturated rings. The third kappa shape index (κ3) is 10.5. The van der Waals surface area contributed by atoms with Crippen molar-refractivity contribution in [2.24, 2.45) is 0 Å². The van der Waals surface area contributed by atoms with Gasteiger partial charge in [-0.05, 0) is 0 Å². The first-order valence-corrected chi connectivity index (χ1v) is 11.2. The molecule has 108 valence electrons. The van der Waals surface area contributed by atoms with Crippen LogP contribution in [0.2, 0.25) is 5.32 Å². The molecule has 0 aliphatic carbocycles. The number of hydrogen-bond donors (Lipinski definition) is 0.